The second-order valence-electron chi connectivity index (χ2n) is 7.86. The number of hydrogen-bond donors (Lipinski definition) is 0. The molecule has 6 heteroatoms. The molecule has 0 N–H and O–H groups in total. The van der Waals surface area contributed by atoms with Gasteiger partial charge in [-0.05, 0) is 42.7 Å². The minimum absolute atomic E-state index is 0.360. The van der Waals surface area contributed by atoms with E-state index in [-0.39, 0.29) is 0 Å². The van der Waals surface area contributed by atoms with Gasteiger partial charge in [0, 0.05) is 43.9 Å². The first-order valence-corrected chi connectivity index (χ1v) is 9.74. The molecule has 3 aromatic rings. The van der Waals surface area contributed by atoms with Crippen molar-refractivity contribution in [3.8, 4) is 11.3 Å². The standard InChI is InChI=1S/C23H22F2N4/c1-14-27(2)20-9-4-15(10-21(20)28(14)3)12-29-13-26-22(23(29)16-5-6-16)18-8-7-17(24)11-19(18)25/h4,7-11,13,16H,1,5-6,12H2,2-3H3. The second-order valence-corrected chi connectivity index (χ2v) is 7.86. The fourth-order valence-electron chi connectivity index (χ4n) is 4.11. The molecule has 2 heterocycles. The number of aromatic nitrogens is 2. The molecule has 0 bridgehead atoms. The first kappa shape index (κ1) is 17.9. The van der Waals surface area contributed by atoms with Gasteiger partial charge in [0.25, 0.3) is 0 Å². The summed E-state index contributed by atoms with van der Waals surface area (Å²) in [5.74, 6) is 0.165. The van der Waals surface area contributed by atoms with Gasteiger partial charge >= 0.3 is 0 Å². The van der Waals surface area contributed by atoms with Crippen LogP contribution >= 0.6 is 0 Å². The van der Waals surface area contributed by atoms with Crippen molar-refractivity contribution in [2.45, 2.75) is 25.3 Å². The van der Waals surface area contributed by atoms with Gasteiger partial charge in [-0.15, -0.1) is 0 Å². The van der Waals surface area contributed by atoms with Crippen molar-refractivity contribution in [1.82, 2.24) is 9.55 Å². The topological polar surface area (TPSA) is 24.3 Å². The highest BCUT2D eigenvalue weighted by molar-refractivity contribution is 5.82. The van der Waals surface area contributed by atoms with Gasteiger partial charge in [0.1, 0.15) is 17.5 Å². The van der Waals surface area contributed by atoms with Crippen molar-refractivity contribution < 1.29 is 8.78 Å². The van der Waals surface area contributed by atoms with Gasteiger partial charge in [-0.1, -0.05) is 12.6 Å². The lowest BCUT2D eigenvalue weighted by molar-refractivity contribution is 0.585. The fraction of sp³-hybridized carbons (Fsp3) is 0.261. The van der Waals surface area contributed by atoms with E-state index in [0.29, 0.717) is 23.7 Å². The first-order chi connectivity index (χ1) is 13.9. The fourth-order valence-corrected chi connectivity index (χ4v) is 4.11. The highest BCUT2D eigenvalue weighted by Gasteiger charge is 2.32. The Bertz CT molecular complexity index is 1130. The Morgan fingerprint density at radius 3 is 2.52 bits per heavy atom. The molecule has 1 saturated carbocycles. The Morgan fingerprint density at radius 2 is 1.79 bits per heavy atom. The molecule has 2 aromatic carbocycles. The zero-order valence-corrected chi connectivity index (χ0v) is 16.5. The van der Waals surface area contributed by atoms with Crippen LogP contribution in [0.3, 0.4) is 0 Å². The van der Waals surface area contributed by atoms with Crippen LogP contribution in [0.15, 0.2) is 55.1 Å². The summed E-state index contributed by atoms with van der Waals surface area (Å²) in [7, 11) is 4.02. The highest BCUT2D eigenvalue weighted by Crippen LogP contribution is 2.45. The van der Waals surface area contributed by atoms with Crippen LogP contribution in [0.5, 0.6) is 0 Å². The molecular weight excluding hydrogens is 370 g/mol. The van der Waals surface area contributed by atoms with E-state index in [4.69, 9.17) is 0 Å². The smallest absolute Gasteiger partial charge is 0.135 e. The summed E-state index contributed by atoms with van der Waals surface area (Å²) in [5.41, 5.74) is 5.40. The van der Waals surface area contributed by atoms with Gasteiger partial charge in [0.15, 0.2) is 0 Å². The molecule has 0 spiro atoms. The Labute approximate surface area is 168 Å². The Morgan fingerprint density at radius 1 is 1.03 bits per heavy atom. The summed E-state index contributed by atoms with van der Waals surface area (Å²) in [5, 5.41) is 0. The average Bonchev–Trinajstić information content (AvgIpc) is 3.42. The molecule has 148 valence electrons. The van der Waals surface area contributed by atoms with E-state index in [2.05, 4.69) is 44.1 Å². The molecule has 1 aliphatic heterocycles. The summed E-state index contributed by atoms with van der Waals surface area (Å²) < 4.78 is 29.8. The zero-order valence-electron chi connectivity index (χ0n) is 16.5. The van der Waals surface area contributed by atoms with Gasteiger partial charge in [-0.3, -0.25) is 0 Å². The van der Waals surface area contributed by atoms with Crippen LogP contribution in [0.2, 0.25) is 0 Å². The minimum atomic E-state index is -0.576. The van der Waals surface area contributed by atoms with Gasteiger partial charge in [-0.25, -0.2) is 13.8 Å². The summed E-state index contributed by atoms with van der Waals surface area (Å²) in [6, 6.07) is 10.1. The average molecular weight is 392 g/mol. The normalized spacial score (nSPS) is 15.9. The van der Waals surface area contributed by atoms with E-state index >= 15 is 0 Å². The van der Waals surface area contributed by atoms with Crippen molar-refractivity contribution in [2.24, 2.45) is 0 Å². The number of fused-ring (bicyclic) bond motifs is 1. The maximum atomic E-state index is 14.4. The van der Waals surface area contributed by atoms with E-state index in [1.807, 2.05) is 14.1 Å². The van der Waals surface area contributed by atoms with E-state index in [1.165, 1.54) is 12.1 Å². The Balaban J connectivity index is 1.52. The number of imidazole rings is 1. The third-order valence-corrected chi connectivity index (χ3v) is 5.92. The number of rotatable bonds is 4. The SMILES string of the molecule is C=C1N(C)c2ccc(Cn3cnc(-c4ccc(F)cc4F)c3C3CC3)cc2N1C. The number of hydrogen-bond acceptors (Lipinski definition) is 3. The van der Waals surface area contributed by atoms with Crippen LogP contribution in [0.25, 0.3) is 11.3 Å². The molecule has 1 aromatic heterocycles. The lowest BCUT2D eigenvalue weighted by atomic mass is 10.1. The molecule has 0 unspecified atom stereocenters. The molecule has 0 radical (unpaired) electrons. The van der Waals surface area contributed by atoms with Crippen molar-refractivity contribution in [3.63, 3.8) is 0 Å². The molecule has 29 heavy (non-hydrogen) atoms. The second kappa shape index (κ2) is 6.44. The van der Waals surface area contributed by atoms with Crippen LogP contribution in [0.4, 0.5) is 20.2 Å². The summed E-state index contributed by atoms with van der Waals surface area (Å²) >= 11 is 0. The molecule has 1 aliphatic carbocycles. The molecule has 0 amide bonds. The molecule has 1 fully saturated rings. The van der Waals surface area contributed by atoms with Gasteiger partial charge in [-0.2, -0.15) is 0 Å². The Hall–Kier alpha value is -3.15. The molecule has 0 saturated heterocycles. The molecule has 2 aliphatic rings. The van der Waals surface area contributed by atoms with E-state index in [0.717, 1.165) is 47.4 Å². The maximum absolute atomic E-state index is 14.4. The first-order valence-electron chi connectivity index (χ1n) is 9.74. The number of benzene rings is 2. The van der Waals surface area contributed by atoms with E-state index in [1.54, 1.807) is 6.33 Å². The predicted molar refractivity (Wildman–Crippen MR) is 111 cm³/mol. The van der Waals surface area contributed by atoms with Crippen LogP contribution in [-0.4, -0.2) is 23.6 Å². The van der Waals surface area contributed by atoms with Crippen LogP contribution in [0.1, 0.15) is 30.0 Å². The third-order valence-electron chi connectivity index (χ3n) is 5.92. The number of halogens is 2. The summed E-state index contributed by atoms with van der Waals surface area (Å²) in [4.78, 5) is 8.66. The Kier molecular flexibility index (Phi) is 3.98. The highest BCUT2D eigenvalue weighted by atomic mass is 19.1. The van der Waals surface area contributed by atoms with Crippen molar-refractivity contribution in [2.75, 3.05) is 23.9 Å². The van der Waals surface area contributed by atoms with Crippen LogP contribution in [0, 0.1) is 11.6 Å². The molecule has 0 atom stereocenters. The molecule has 4 nitrogen and oxygen atoms in total. The lowest BCUT2D eigenvalue weighted by Gasteiger charge is -2.15. The third kappa shape index (κ3) is 2.90. The van der Waals surface area contributed by atoms with E-state index in [9.17, 15) is 8.78 Å². The molecular formula is C23H22F2N4. The lowest BCUT2D eigenvalue weighted by Crippen LogP contribution is -2.20. The van der Waals surface area contributed by atoms with Gasteiger partial charge in [0.2, 0.25) is 0 Å². The van der Waals surface area contributed by atoms with Gasteiger partial charge in [0.05, 0.1) is 23.4 Å². The van der Waals surface area contributed by atoms with Crippen molar-refractivity contribution in [1.29, 1.82) is 0 Å². The number of anilines is 2. The minimum Gasteiger partial charge on any atom is -0.330 e. The predicted octanol–water partition coefficient (Wildman–Crippen LogP) is 5.11. The summed E-state index contributed by atoms with van der Waals surface area (Å²) in [6.07, 6.45) is 3.91. The van der Waals surface area contributed by atoms with Crippen LogP contribution in [-0.2, 0) is 6.54 Å². The van der Waals surface area contributed by atoms with Gasteiger partial charge < -0.3 is 14.4 Å². The monoisotopic (exact) mass is 392 g/mol. The zero-order chi connectivity index (χ0) is 20.3. The quantitative estimate of drug-likeness (QED) is 0.617. The van der Waals surface area contributed by atoms with Crippen molar-refractivity contribution in [3.05, 3.63) is 78.0 Å². The molecule has 5 rings (SSSR count). The largest absolute Gasteiger partial charge is 0.330 e. The number of nitrogens with zero attached hydrogens (tertiary/aromatic N) is 4. The van der Waals surface area contributed by atoms with Crippen LogP contribution < -0.4 is 9.80 Å². The maximum Gasteiger partial charge on any atom is 0.135 e. The summed E-state index contributed by atoms with van der Waals surface area (Å²) in [6.45, 7) is 4.77. The van der Waals surface area contributed by atoms with Crippen molar-refractivity contribution >= 4 is 11.4 Å². The van der Waals surface area contributed by atoms with E-state index < -0.39 is 11.6 Å².